The summed E-state index contributed by atoms with van der Waals surface area (Å²) in [6.45, 7) is 3.23. The second-order valence-corrected chi connectivity index (χ2v) is 9.40. The third-order valence-corrected chi connectivity index (χ3v) is 6.50. The van der Waals surface area contributed by atoms with Crippen molar-refractivity contribution in [1.29, 1.82) is 0 Å². The van der Waals surface area contributed by atoms with Crippen molar-refractivity contribution in [3.8, 4) is 0 Å². The van der Waals surface area contributed by atoms with Gasteiger partial charge in [-0.05, 0) is 30.7 Å². The molecule has 0 saturated carbocycles. The minimum absolute atomic E-state index is 0.0546. The lowest BCUT2D eigenvalue weighted by Crippen LogP contribution is -2.55. The molecule has 39 heavy (non-hydrogen) atoms. The van der Waals surface area contributed by atoms with E-state index in [9.17, 15) is 24.0 Å². The van der Waals surface area contributed by atoms with Gasteiger partial charge in [-0.25, -0.2) is 0 Å². The zero-order valence-corrected chi connectivity index (χ0v) is 21.9. The van der Waals surface area contributed by atoms with E-state index in [4.69, 9.17) is 9.47 Å². The molecule has 2 aliphatic rings. The highest BCUT2D eigenvalue weighted by Crippen LogP contribution is 2.33. The van der Waals surface area contributed by atoms with Crippen LogP contribution in [0.4, 0.5) is 11.4 Å². The Morgan fingerprint density at radius 3 is 2.38 bits per heavy atom. The van der Waals surface area contributed by atoms with E-state index >= 15 is 0 Å². The molecule has 4 amide bonds. The van der Waals surface area contributed by atoms with Crippen molar-refractivity contribution in [2.75, 3.05) is 29.5 Å². The first-order valence-electron chi connectivity index (χ1n) is 12.9. The molecule has 3 atom stereocenters. The highest BCUT2D eigenvalue weighted by atomic mass is 16.7. The topological polar surface area (TPSA) is 134 Å². The Morgan fingerprint density at radius 1 is 1.00 bits per heavy atom. The fourth-order valence-corrected chi connectivity index (χ4v) is 4.53. The van der Waals surface area contributed by atoms with Crippen LogP contribution in [0.25, 0.3) is 0 Å². The molecule has 206 valence electrons. The molecular weight excluding hydrogens is 504 g/mol. The fraction of sp³-hybridized carbons (Fsp3) is 0.393. The number of hydrogen-bond acceptors (Lipinski definition) is 7. The average Bonchev–Trinajstić information content (AvgIpc) is 3.22. The van der Waals surface area contributed by atoms with Crippen molar-refractivity contribution in [3.05, 3.63) is 60.2 Å². The molecule has 0 aromatic heterocycles. The number of unbranched alkanes of at least 4 members (excludes halogenated alkanes) is 1. The summed E-state index contributed by atoms with van der Waals surface area (Å²) in [6.07, 6.45) is 0.705. The van der Waals surface area contributed by atoms with E-state index in [1.807, 2.05) is 6.92 Å². The first-order valence-corrected chi connectivity index (χ1v) is 12.9. The third kappa shape index (κ3) is 6.61. The maximum Gasteiger partial charge on any atom is 0.310 e. The Morgan fingerprint density at radius 2 is 1.69 bits per heavy atom. The number of nitrogens with one attached hydrogen (secondary N) is 2. The third-order valence-electron chi connectivity index (χ3n) is 6.50. The largest absolute Gasteiger partial charge is 0.433 e. The highest BCUT2D eigenvalue weighted by Gasteiger charge is 2.39. The monoisotopic (exact) mass is 536 g/mol. The van der Waals surface area contributed by atoms with Gasteiger partial charge in [0, 0.05) is 12.5 Å². The molecule has 1 unspecified atom stereocenters. The van der Waals surface area contributed by atoms with E-state index < -0.39 is 48.6 Å². The quantitative estimate of drug-likeness (QED) is 0.368. The minimum atomic E-state index is -1.12. The van der Waals surface area contributed by atoms with Crippen LogP contribution in [-0.4, -0.2) is 67.7 Å². The van der Waals surface area contributed by atoms with E-state index in [0.717, 1.165) is 12.8 Å². The molecule has 2 heterocycles. The molecule has 1 saturated heterocycles. The predicted molar refractivity (Wildman–Crippen MR) is 142 cm³/mol. The summed E-state index contributed by atoms with van der Waals surface area (Å²) in [5.41, 5.74) is 1.13. The van der Waals surface area contributed by atoms with Crippen LogP contribution in [0.2, 0.25) is 0 Å². The average molecular weight is 537 g/mol. The fourth-order valence-electron chi connectivity index (χ4n) is 4.53. The molecule has 1 fully saturated rings. The van der Waals surface area contributed by atoms with Gasteiger partial charge >= 0.3 is 5.97 Å². The number of hydrogen-bond donors (Lipinski definition) is 2. The Bertz CT molecular complexity index is 1240. The second-order valence-electron chi connectivity index (χ2n) is 9.40. The smallest absolute Gasteiger partial charge is 0.310 e. The van der Waals surface area contributed by atoms with Gasteiger partial charge in [-0.15, -0.1) is 0 Å². The number of carbonyl (C=O) groups excluding carboxylic acids is 5. The number of amides is 4. The van der Waals surface area contributed by atoms with Crippen molar-refractivity contribution < 1.29 is 33.4 Å². The first-order chi connectivity index (χ1) is 18.8. The Hall–Kier alpha value is -4.25. The minimum Gasteiger partial charge on any atom is -0.433 e. The first kappa shape index (κ1) is 27.8. The molecule has 2 aromatic rings. The molecule has 11 heteroatoms. The van der Waals surface area contributed by atoms with Crippen molar-refractivity contribution >= 4 is 41.0 Å². The van der Waals surface area contributed by atoms with E-state index in [1.54, 1.807) is 54.6 Å². The van der Waals surface area contributed by atoms with Crippen LogP contribution in [0.5, 0.6) is 0 Å². The highest BCUT2D eigenvalue weighted by molar-refractivity contribution is 6.10. The van der Waals surface area contributed by atoms with Gasteiger partial charge in [-0.3, -0.25) is 28.9 Å². The number of fused-ring (bicyclic) bond motifs is 1. The van der Waals surface area contributed by atoms with E-state index in [0.29, 0.717) is 23.5 Å². The summed E-state index contributed by atoms with van der Waals surface area (Å²) >= 11 is 0. The number of rotatable bonds is 9. The number of cyclic esters (lactones) is 1. The lowest BCUT2D eigenvalue weighted by Gasteiger charge is -2.26. The Labute approximate surface area is 226 Å². The zero-order valence-electron chi connectivity index (χ0n) is 21.9. The molecule has 2 aliphatic heterocycles. The van der Waals surface area contributed by atoms with Gasteiger partial charge in [-0.2, -0.15) is 0 Å². The van der Waals surface area contributed by atoms with Gasteiger partial charge in [-0.1, -0.05) is 43.7 Å². The second kappa shape index (κ2) is 12.5. The molecule has 0 spiro atoms. The number of carbonyl (C=O) groups is 5. The van der Waals surface area contributed by atoms with E-state index in [-0.39, 0.29) is 18.9 Å². The van der Waals surface area contributed by atoms with Crippen LogP contribution in [0.1, 0.15) is 43.5 Å². The zero-order chi connectivity index (χ0) is 27.9. The van der Waals surface area contributed by atoms with Crippen LogP contribution in [0.15, 0.2) is 54.6 Å². The SMILES string of the molecule is CCCCOC1OC(=O)C[C@@H]1NC(=O)CN1C(=O)[C@@H](NC(=O)c2ccccc2)CN(C(C)=O)c2ccccc21. The summed E-state index contributed by atoms with van der Waals surface area (Å²) in [5.74, 6) is -2.40. The van der Waals surface area contributed by atoms with Gasteiger partial charge in [0.05, 0.1) is 30.9 Å². The van der Waals surface area contributed by atoms with Crippen LogP contribution >= 0.6 is 0 Å². The summed E-state index contributed by atoms with van der Waals surface area (Å²) in [4.78, 5) is 67.1. The van der Waals surface area contributed by atoms with E-state index in [1.165, 1.54) is 16.7 Å². The van der Waals surface area contributed by atoms with Crippen LogP contribution in [0, 0.1) is 0 Å². The predicted octanol–water partition coefficient (Wildman–Crippen LogP) is 1.76. The number of benzene rings is 2. The molecule has 11 nitrogen and oxygen atoms in total. The van der Waals surface area contributed by atoms with Crippen molar-refractivity contribution in [1.82, 2.24) is 10.6 Å². The normalized spacial score (nSPS) is 20.6. The van der Waals surface area contributed by atoms with Crippen molar-refractivity contribution in [2.24, 2.45) is 0 Å². The molecular formula is C28H32N4O7. The number of anilines is 2. The number of ether oxygens (including phenoxy) is 2. The molecule has 0 bridgehead atoms. The molecule has 0 radical (unpaired) electrons. The van der Waals surface area contributed by atoms with Crippen LogP contribution in [0.3, 0.4) is 0 Å². The number of nitrogens with zero attached hydrogens (tertiary/aromatic N) is 2. The summed E-state index contributed by atoms with van der Waals surface area (Å²) in [5, 5.41) is 5.47. The maximum absolute atomic E-state index is 13.8. The summed E-state index contributed by atoms with van der Waals surface area (Å²) in [7, 11) is 0. The number of para-hydroxylation sites is 2. The van der Waals surface area contributed by atoms with Gasteiger partial charge in [0.1, 0.15) is 18.6 Å². The van der Waals surface area contributed by atoms with Crippen molar-refractivity contribution in [2.45, 2.75) is 51.5 Å². The van der Waals surface area contributed by atoms with Crippen molar-refractivity contribution in [3.63, 3.8) is 0 Å². The number of esters is 1. The van der Waals surface area contributed by atoms with Gasteiger partial charge in [0.15, 0.2) is 0 Å². The lowest BCUT2D eigenvalue weighted by atomic mass is 10.1. The summed E-state index contributed by atoms with van der Waals surface area (Å²) < 4.78 is 10.8. The molecule has 2 aromatic carbocycles. The van der Waals surface area contributed by atoms with Gasteiger partial charge in [0.25, 0.3) is 11.8 Å². The van der Waals surface area contributed by atoms with Crippen LogP contribution in [-0.2, 0) is 28.7 Å². The summed E-state index contributed by atoms with van der Waals surface area (Å²) in [6, 6.07) is 13.3. The maximum atomic E-state index is 13.8. The standard InChI is InChI=1S/C28H32N4O7/c1-3-4-14-38-28-20(15-25(35)39-28)29-24(34)17-32-23-13-9-8-12-22(23)31(18(2)33)16-21(27(32)37)30-26(36)19-10-6-5-7-11-19/h5-13,20-21,28H,3-4,14-17H2,1-2H3,(H,29,34)(H,30,36)/t20-,21-,28?/m0/s1. The molecule has 2 N–H and O–H groups in total. The van der Waals surface area contributed by atoms with E-state index in [2.05, 4.69) is 10.6 Å². The Kier molecular flexibility index (Phi) is 8.92. The van der Waals surface area contributed by atoms with Crippen LogP contribution < -0.4 is 20.4 Å². The van der Waals surface area contributed by atoms with Gasteiger partial charge < -0.3 is 25.0 Å². The lowest BCUT2D eigenvalue weighted by molar-refractivity contribution is -0.165. The molecule has 0 aliphatic carbocycles. The molecule has 4 rings (SSSR count). The van der Waals surface area contributed by atoms with Gasteiger partial charge in [0.2, 0.25) is 18.1 Å². The Balaban J connectivity index is 1.57.